The molecule has 7 nitrogen and oxygen atoms in total. The molecule has 30 heavy (non-hydrogen) atoms. The average Bonchev–Trinajstić information content (AvgIpc) is 2.79. The molecule has 2 aromatic rings. The Morgan fingerprint density at radius 1 is 1.17 bits per heavy atom. The molecule has 1 aromatic carbocycles. The third kappa shape index (κ3) is 4.26. The van der Waals surface area contributed by atoms with Crippen LogP contribution in [0.3, 0.4) is 0 Å². The first-order chi connectivity index (χ1) is 14.6. The van der Waals surface area contributed by atoms with Gasteiger partial charge in [0, 0.05) is 64.5 Å². The molecule has 0 aliphatic carbocycles. The molecule has 1 amide bonds. The van der Waals surface area contributed by atoms with Crippen LogP contribution in [0.25, 0.3) is 0 Å². The van der Waals surface area contributed by atoms with Gasteiger partial charge in [0.2, 0.25) is 17.7 Å². The first kappa shape index (κ1) is 20.6. The van der Waals surface area contributed by atoms with Crippen molar-refractivity contribution in [1.29, 1.82) is 0 Å². The molecular weight excluding hydrogens is 378 g/mol. The molecule has 1 atom stereocenters. The maximum atomic E-state index is 12.6. The SMILES string of the molecule is COc1ccnc(N2CCC(N3CCc4ccccc4C3CC(=O)N(C)C)CC2)n1. The molecule has 0 spiro atoms. The van der Waals surface area contributed by atoms with E-state index < -0.39 is 0 Å². The van der Waals surface area contributed by atoms with Crippen molar-refractivity contribution in [2.24, 2.45) is 0 Å². The zero-order valence-electron chi connectivity index (χ0n) is 18.1. The molecule has 1 aromatic heterocycles. The Kier molecular flexibility index (Phi) is 6.18. The average molecular weight is 410 g/mol. The Balaban J connectivity index is 1.49. The van der Waals surface area contributed by atoms with Crippen molar-refractivity contribution < 1.29 is 9.53 Å². The fraction of sp³-hybridized carbons (Fsp3) is 0.522. The maximum absolute atomic E-state index is 12.6. The molecule has 4 rings (SSSR count). The summed E-state index contributed by atoms with van der Waals surface area (Å²) in [6, 6.07) is 11.0. The summed E-state index contributed by atoms with van der Waals surface area (Å²) in [6.45, 7) is 2.82. The number of fused-ring (bicyclic) bond motifs is 1. The molecule has 1 saturated heterocycles. The van der Waals surface area contributed by atoms with E-state index in [1.54, 1.807) is 24.3 Å². The number of hydrogen-bond acceptors (Lipinski definition) is 6. The lowest BCUT2D eigenvalue weighted by Crippen LogP contribution is -2.49. The summed E-state index contributed by atoms with van der Waals surface area (Å²) >= 11 is 0. The smallest absolute Gasteiger partial charge is 0.228 e. The van der Waals surface area contributed by atoms with Crippen molar-refractivity contribution in [2.75, 3.05) is 45.7 Å². The van der Waals surface area contributed by atoms with Gasteiger partial charge in [0.15, 0.2) is 0 Å². The molecule has 0 bridgehead atoms. The van der Waals surface area contributed by atoms with E-state index in [1.807, 2.05) is 14.1 Å². The number of methoxy groups -OCH3 is 1. The fourth-order valence-electron chi connectivity index (χ4n) is 4.68. The molecule has 160 valence electrons. The summed E-state index contributed by atoms with van der Waals surface area (Å²) in [6.07, 6.45) is 5.40. The Morgan fingerprint density at radius 2 is 1.93 bits per heavy atom. The van der Waals surface area contributed by atoms with Crippen LogP contribution in [0.5, 0.6) is 5.88 Å². The summed E-state index contributed by atoms with van der Waals surface area (Å²) in [4.78, 5) is 28.0. The third-order valence-corrected chi connectivity index (χ3v) is 6.36. The predicted molar refractivity (Wildman–Crippen MR) is 117 cm³/mol. The minimum atomic E-state index is 0.148. The Morgan fingerprint density at radius 3 is 2.67 bits per heavy atom. The second-order valence-corrected chi connectivity index (χ2v) is 8.31. The van der Waals surface area contributed by atoms with Crippen LogP contribution >= 0.6 is 0 Å². The fourth-order valence-corrected chi connectivity index (χ4v) is 4.68. The third-order valence-electron chi connectivity index (χ3n) is 6.36. The summed E-state index contributed by atoms with van der Waals surface area (Å²) in [5.74, 6) is 1.51. The Bertz CT molecular complexity index is 879. The quantitative estimate of drug-likeness (QED) is 0.756. The van der Waals surface area contributed by atoms with Crippen LogP contribution in [-0.2, 0) is 11.2 Å². The molecule has 0 N–H and O–H groups in total. The van der Waals surface area contributed by atoms with Gasteiger partial charge in [0.25, 0.3) is 0 Å². The van der Waals surface area contributed by atoms with E-state index in [9.17, 15) is 4.79 Å². The van der Waals surface area contributed by atoms with Gasteiger partial charge in [-0.3, -0.25) is 9.69 Å². The van der Waals surface area contributed by atoms with Crippen molar-refractivity contribution >= 4 is 11.9 Å². The summed E-state index contributed by atoms with van der Waals surface area (Å²) in [5, 5.41) is 0. The predicted octanol–water partition coefficient (Wildman–Crippen LogP) is 2.53. The number of carbonyl (C=O) groups is 1. The Labute approximate surface area is 178 Å². The molecule has 1 fully saturated rings. The minimum Gasteiger partial charge on any atom is -0.481 e. The number of amides is 1. The van der Waals surface area contributed by atoms with Crippen LogP contribution in [0.15, 0.2) is 36.5 Å². The van der Waals surface area contributed by atoms with E-state index in [4.69, 9.17) is 4.74 Å². The van der Waals surface area contributed by atoms with Crippen LogP contribution in [-0.4, -0.2) is 72.6 Å². The van der Waals surface area contributed by atoms with Crippen molar-refractivity contribution in [2.45, 2.75) is 37.8 Å². The zero-order valence-corrected chi connectivity index (χ0v) is 18.1. The molecule has 7 heteroatoms. The maximum Gasteiger partial charge on any atom is 0.228 e. The number of anilines is 1. The number of piperidine rings is 1. The van der Waals surface area contributed by atoms with Gasteiger partial charge in [-0.1, -0.05) is 24.3 Å². The number of nitrogens with zero attached hydrogens (tertiary/aromatic N) is 5. The lowest BCUT2D eigenvalue weighted by molar-refractivity contribution is -0.130. The van der Waals surface area contributed by atoms with Crippen molar-refractivity contribution in [3.05, 3.63) is 47.7 Å². The highest BCUT2D eigenvalue weighted by atomic mass is 16.5. The van der Waals surface area contributed by atoms with Gasteiger partial charge in [-0.05, 0) is 30.4 Å². The van der Waals surface area contributed by atoms with Crippen molar-refractivity contribution in [3.63, 3.8) is 0 Å². The van der Waals surface area contributed by atoms with Gasteiger partial charge in [-0.25, -0.2) is 4.98 Å². The van der Waals surface area contributed by atoms with Crippen LogP contribution in [0, 0.1) is 0 Å². The Hall–Kier alpha value is -2.67. The van der Waals surface area contributed by atoms with Gasteiger partial charge in [0.05, 0.1) is 7.11 Å². The van der Waals surface area contributed by atoms with Crippen LogP contribution in [0.4, 0.5) is 5.95 Å². The summed E-state index contributed by atoms with van der Waals surface area (Å²) in [7, 11) is 5.31. The standard InChI is InChI=1S/C23H31N5O2/c1-26(2)22(29)16-20-19-7-5-4-6-17(19)9-15-28(20)18-10-13-27(14-11-18)23-24-12-8-21(25-23)30-3/h4-8,12,18,20H,9-11,13-16H2,1-3H3. The number of carbonyl (C=O) groups excluding carboxylic acids is 1. The van der Waals surface area contributed by atoms with Gasteiger partial charge in [0.1, 0.15) is 0 Å². The number of aromatic nitrogens is 2. The molecule has 2 aliphatic heterocycles. The van der Waals surface area contributed by atoms with E-state index in [0.29, 0.717) is 18.3 Å². The van der Waals surface area contributed by atoms with E-state index in [-0.39, 0.29) is 11.9 Å². The van der Waals surface area contributed by atoms with E-state index >= 15 is 0 Å². The highest BCUT2D eigenvalue weighted by Gasteiger charge is 2.35. The zero-order chi connectivity index (χ0) is 21.1. The lowest BCUT2D eigenvalue weighted by atomic mass is 9.87. The first-order valence-corrected chi connectivity index (χ1v) is 10.7. The van der Waals surface area contributed by atoms with E-state index in [2.05, 4.69) is 44.0 Å². The van der Waals surface area contributed by atoms with Gasteiger partial charge in [-0.15, -0.1) is 0 Å². The second-order valence-electron chi connectivity index (χ2n) is 8.31. The topological polar surface area (TPSA) is 61.8 Å². The lowest BCUT2D eigenvalue weighted by Gasteiger charge is -2.45. The van der Waals surface area contributed by atoms with Gasteiger partial charge >= 0.3 is 0 Å². The molecule has 0 saturated carbocycles. The monoisotopic (exact) mass is 409 g/mol. The molecule has 0 radical (unpaired) electrons. The van der Waals surface area contributed by atoms with Crippen LogP contribution < -0.4 is 9.64 Å². The van der Waals surface area contributed by atoms with Crippen LogP contribution in [0.1, 0.15) is 36.4 Å². The highest BCUT2D eigenvalue weighted by Crippen LogP contribution is 2.36. The molecular formula is C23H31N5O2. The molecule has 3 heterocycles. The summed E-state index contributed by atoms with van der Waals surface area (Å²) < 4.78 is 5.24. The largest absolute Gasteiger partial charge is 0.481 e. The van der Waals surface area contributed by atoms with E-state index in [0.717, 1.165) is 44.8 Å². The summed E-state index contributed by atoms with van der Waals surface area (Å²) in [5.41, 5.74) is 2.70. The number of hydrogen-bond donors (Lipinski definition) is 0. The van der Waals surface area contributed by atoms with Gasteiger partial charge < -0.3 is 14.5 Å². The van der Waals surface area contributed by atoms with Crippen molar-refractivity contribution in [3.8, 4) is 5.88 Å². The number of ether oxygens (including phenoxy) is 1. The molecule has 1 unspecified atom stereocenters. The van der Waals surface area contributed by atoms with Gasteiger partial charge in [-0.2, -0.15) is 4.98 Å². The number of rotatable bonds is 5. The first-order valence-electron chi connectivity index (χ1n) is 10.7. The van der Waals surface area contributed by atoms with Crippen LogP contribution in [0.2, 0.25) is 0 Å². The van der Waals surface area contributed by atoms with Crippen molar-refractivity contribution in [1.82, 2.24) is 19.8 Å². The normalized spacial score (nSPS) is 20.0. The van der Waals surface area contributed by atoms with E-state index in [1.165, 1.54) is 11.1 Å². The number of benzene rings is 1. The molecule has 2 aliphatic rings. The second kappa shape index (κ2) is 9.00. The minimum absolute atomic E-state index is 0.148. The highest BCUT2D eigenvalue weighted by molar-refractivity contribution is 5.76.